The summed E-state index contributed by atoms with van der Waals surface area (Å²) in [6, 6.07) is 5.74. The number of benzene rings is 1. The Hall–Kier alpha value is -2.60. The van der Waals surface area contributed by atoms with Gasteiger partial charge in [0.1, 0.15) is 18.7 Å². The molecule has 0 aliphatic carbocycles. The summed E-state index contributed by atoms with van der Waals surface area (Å²) in [5.41, 5.74) is 0.598. The highest BCUT2D eigenvalue weighted by Crippen LogP contribution is 2.35. The first kappa shape index (κ1) is 29.6. The number of nitrogens with zero attached hydrogens (tertiary/aromatic N) is 3. The molecule has 0 radical (unpaired) electrons. The number of nitro benzene ring substituents is 1. The summed E-state index contributed by atoms with van der Waals surface area (Å²) in [6.07, 6.45) is -0.0518. The summed E-state index contributed by atoms with van der Waals surface area (Å²) >= 11 is 5.62. The quantitative estimate of drug-likeness (QED) is 0.0501. The standard InChI is InChI=1S/C25H37N3O7S/c1-6-28(7-2,8-3)22-16-23(29)26(22)24(21(36)14-15-34-18(5)33-9-4)25(30)35-17-19-10-12-20(13-11-19)27(31)32/h10-13,18,22H,6-9,14-17H2,1-5H3. The third-order valence-corrected chi connectivity index (χ3v) is 7.14. The number of carbonyl (C=O) groups excluding carboxylic acids is 2. The van der Waals surface area contributed by atoms with E-state index < -0.39 is 17.2 Å². The number of hydrogen-bond acceptors (Lipinski definition) is 8. The van der Waals surface area contributed by atoms with Crippen molar-refractivity contribution >= 4 is 30.2 Å². The Labute approximate surface area is 218 Å². The molecule has 0 N–H and O–H groups in total. The van der Waals surface area contributed by atoms with E-state index in [-0.39, 0.29) is 48.0 Å². The molecular weight excluding hydrogens is 486 g/mol. The number of ether oxygens (including phenoxy) is 3. The van der Waals surface area contributed by atoms with Crippen molar-refractivity contribution in [1.82, 2.24) is 4.90 Å². The summed E-state index contributed by atoms with van der Waals surface area (Å²) in [6.45, 7) is 12.9. The predicted molar refractivity (Wildman–Crippen MR) is 136 cm³/mol. The Morgan fingerprint density at radius 3 is 2.28 bits per heavy atom. The Morgan fingerprint density at radius 1 is 1.17 bits per heavy atom. The van der Waals surface area contributed by atoms with Gasteiger partial charge in [0.15, 0.2) is 12.5 Å². The molecule has 2 rings (SSSR count). The Kier molecular flexibility index (Phi) is 11.2. The van der Waals surface area contributed by atoms with Gasteiger partial charge in [0, 0.05) is 18.7 Å². The molecule has 11 heteroatoms. The van der Waals surface area contributed by atoms with Crippen LogP contribution in [0.2, 0.25) is 0 Å². The van der Waals surface area contributed by atoms with E-state index in [1.165, 1.54) is 29.2 Å². The lowest BCUT2D eigenvalue weighted by atomic mass is 10.0. The van der Waals surface area contributed by atoms with E-state index in [0.717, 1.165) is 19.6 Å². The zero-order valence-corrected chi connectivity index (χ0v) is 22.5. The molecule has 0 saturated carbocycles. The molecule has 0 aromatic heterocycles. The predicted octanol–water partition coefficient (Wildman–Crippen LogP) is 3.62. The minimum Gasteiger partial charge on any atom is -0.782 e. The lowest BCUT2D eigenvalue weighted by molar-refractivity contribution is -0.958. The van der Waals surface area contributed by atoms with Gasteiger partial charge in [-0.05, 0) is 58.7 Å². The normalized spacial score (nSPS) is 17.3. The average molecular weight is 524 g/mol. The van der Waals surface area contributed by atoms with Gasteiger partial charge in [-0.2, -0.15) is 4.91 Å². The van der Waals surface area contributed by atoms with Crippen LogP contribution in [0.1, 0.15) is 53.0 Å². The van der Waals surface area contributed by atoms with E-state index >= 15 is 0 Å². The summed E-state index contributed by atoms with van der Waals surface area (Å²) in [4.78, 5) is 38.3. The van der Waals surface area contributed by atoms with Gasteiger partial charge in [-0.3, -0.25) is 19.8 Å². The number of amides is 1. The highest BCUT2D eigenvalue weighted by atomic mass is 32.1. The monoisotopic (exact) mass is 523 g/mol. The Morgan fingerprint density at radius 2 is 1.78 bits per heavy atom. The van der Waals surface area contributed by atoms with E-state index in [4.69, 9.17) is 26.8 Å². The lowest BCUT2D eigenvalue weighted by Crippen LogP contribution is -2.70. The number of hydrogen-bond donors (Lipinski definition) is 0. The molecule has 1 heterocycles. The van der Waals surface area contributed by atoms with Gasteiger partial charge in [-0.25, -0.2) is 4.79 Å². The van der Waals surface area contributed by atoms with Crippen LogP contribution >= 0.6 is 0 Å². The number of rotatable bonds is 15. The van der Waals surface area contributed by atoms with Crippen molar-refractivity contribution in [3.05, 3.63) is 50.5 Å². The third-order valence-electron chi connectivity index (χ3n) is 6.74. The van der Waals surface area contributed by atoms with Gasteiger partial charge in [0.05, 0.1) is 31.2 Å². The molecule has 2 unspecified atom stereocenters. The molecule has 1 amide bonds. The first-order chi connectivity index (χ1) is 17.1. The Balaban J connectivity index is 2.29. The number of likely N-dealkylation sites (tertiary alicyclic amines) is 1. The molecule has 1 aromatic rings. The van der Waals surface area contributed by atoms with Gasteiger partial charge >= 0.3 is 5.97 Å². The minimum absolute atomic E-state index is 0.0541. The van der Waals surface area contributed by atoms with Crippen molar-refractivity contribution in [2.45, 2.75) is 66.5 Å². The van der Waals surface area contributed by atoms with E-state index in [0.29, 0.717) is 23.1 Å². The van der Waals surface area contributed by atoms with Crippen molar-refractivity contribution in [2.24, 2.45) is 0 Å². The highest BCUT2D eigenvalue weighted by Gasteiger charge is 2.51. The fourth-order valence-electron chi connectivity index (χ4n) is 4.41. The van der Waals surface area contributed by atoms with Gasteiger partial charge in [-0.15, -0.1) is 0 Å². The number of β-lactam (4-membered cyclic amide) rings is 1. The molecule has 10 nitrogen and oxygen atoms in total. The summed E-state index contributed by atoms with van der Waals surface area (Å²) in [5, 5.41) is 10.9. The van der Waals surface area contributed by atoms with Crippen LogP contribution in [0.15, 0.2) is 34.9 Å². The SMILES string of the molecule is CCOC(C)OCCC([S-])=C(C(=O)OCc1ccc([N+](=O)[O-])cc1)N1C(=O)CC1[N+](CC)(CC)CC. The van der Waals surface area contributed by atoms with Crippen LogP contribution in [0.5, 0.6) is 0 Å². The van der Waals surface area contributed by atoms with E-state index in [9.17, 15) is 19.7 Å². The zero-order chi connectivity index (χ0) is 26.9. The van der Waals surface area contributed by atoms with Crippen LogP contribution in [0.4, 0.5) is 5.69 Å². The van der Waals surface area contributed by atoms with Crippen molar-refractivity contribution in [3.8, 4) is 0 Å². The van der Waals surface area contributed by atoms with Crippen molar-refractivity contribution in [3.63, 3.8) is 0 Å². The van der Waals surface area contributed by atoms with Gasteiger partial charge in [0.25, 0.3) is 5.69 Å². The van der Waals surface area contributed by atoms with Crippen molar-refractivity contribution < 1.29 is 33.2 Å². The number of quaternary nitrogens is 1. The molecule has 2 atom stereocenters. The minimum atomic E-state index is -0.698. The molecule has 1 saturated heterocycles. The molecular formula is C25H37N3O7S. The van der Waals surface area contributed by atoms with Crippen LogP contribution < -0.4 is 0 Å². The maximum Gasteiger partial charge on any atom is 0.353 e. The van der Waals surface area contributed by atoms with Crippen LogP contribution in [-0.4, -0.2) is 71.5 Å². The molecule has 1 aliphatic heterocycles. The second kappa shape index (κ2) is 13.6. The largest absolute Gasteiger partial charge is 0.782 e. The summed E-state index contributed by atoms with van der Waals surface area (Å²) in [7, 11) is 0. The number of non-ortho nitro benzene ring substituents is 1. The fraction of sp³-hybridized carbons (Fsp3) is 0.600. The van der Waals surface area contributed by atoms with Gasteiger partial charge in [-0.1, -0.05) is 0 Å². The maximum absolute atomic E-state index is 13.3. The first-order valence-corrected chi connectivity index (χ1v) is 12.8. The van der Waals surface area contributed by atoms with Crippen LogP contribution in [0.3, 0.4) is 0 Å². The lowest BCUT2D eigenvalue weighted by Gasteiger charge is -2.53. The van der Waals surface area contributed by atoms with E-state index in [2.05, 4.69) is 20.8 Å². The van der Waals surface area contributed by atoms with Gasteiger partial charge in [0.2, 0.25) is 5.91 Å². The number of esters is 1. The van der Waals surface area contributed by atoms with Gasteiger partial charge < -0.3 is 31.3 Å². The van der Waals surface area contributed by atoms with E-state index in [1.807, 2.05) is 6.92 Å². The fourth-order valence-corrected chi connectivity index (χ4v) is 4.68. The zero-order valence-electron chi connectivity index (χ0n) is 21.7. The second-order valence-electron chi connectivity index (χ2n) is 8.53. The molecule has 1 aromatic carbocycles. The second-order valence-corrected chi connectivity index (χ2v) is 9.02. The summed E-state index contributed by atoms with van der Waals surface area (Å²) in [5.74, 6) is -0.873. The van der Waals surface area contributed by atoms with Crippen LogP contribution in [0, 0.1) is 10.1 Å². The first-order valence-electron chi connectivity index (χ1n) is 12.4. The maximum atomic E-state index is 13.3. The average Bonchev–Trinajstić information content (AvgIpc) is 2.86. The molecule has 1 fully saturated rings. The third kappa shape index (κ3) is 7.00. The molecule has 0 spiro atoms. The Bertz CT molecular complexity index is 939. The highest BCUT2D eigenvalue weighted by molar-refractivity contribution is 7.63. The molecule has 200 valence electrons. The smallest absolute Gasteiger partial charge is 0.353 e. The summed E-state index contributed by atoms with van der Waals surface area (Å²) < 4.78 is 17.2. The van der Waals surface area contributed by atoms with Crippen molar-refractivity contribution in [2.75, 3.05) is 32.8 Å². The topological polar surface area (TPSA) is 108 Å². The molecule has 36 heavy (non-hydrogen) atoms. The van der Waals surface area contributed by atoms with Crippen LogP contribution in [0.25, 0.3) is 0 Å². The number of carbonyl (C=O) groups is 2. The van der Waals surface area contributed by atoms with Crippen LogP contribution in [-0.2, 0) is 43.0 Å². The molecule has 0 bridgehead atoms. The van der Waals surface area contributed by atoms with Crippen molar-refractivity contribution in [1.29, 1.82) is 0 Å². The van der Waals surface area contributed by atoms with E-state index in [1.54, 1.807) is 6.92 Å². The number of nitro groups is 1. The molecule has 1 aliphatic rings.